The maximum absolute atomic E-state index is 13.1. The van der Waals surface area contributed by atoms with Gasteiger partial charge in [0.05, 0.1) is 12.1 Å². The molecule has 0 spiro atoms. The standard InChI is InChI=1S/C21H18FN3O4S/c1-12-18(30-21(24-12)14-2-6-15(22)7-3-14)20(29)25-16-8-4-13(5-9-16)19(28)23-11-10-17(26)27/h2-9H,10-11H2,1H3,(H,23,28)(H,25,29)(H,26,27). The van der Waals surface area contributed by atoms with Crippen LogP contribution in [0, 0.1) is 12.7 Å². The smallest absolute Gasteiger partial charge is 0.305 e. The van der Waals surface area contributed by atoms with Crippen molar-refractivity contribution in [1.82, 2.24) is 10.3 Å². The molecular formula is C21H18FN3O4S. The summed E-state index contributed by atoms with van der Waals surface area (Å²) < 4.78 is 13.1. The van der Waals surface area contributed by atoms with E-state index in [9.17, 15) is 18.8 Å². The molecule has 0 bridgehead atoms. The Hall–Kier alpha value is -3.59. The van der Waals surface area contributed by atoms with Gasteiger partial charge in [-0.25, -0.2) is 9.37 Å². The van der Waals surface area contributed by atoms with Gasteiger partial charge in [-0.3, -0.25) is 14.4 Å². The SMILES string of the molecule is Cc1nc(-c2ccc(F)cc2)sc1C(=O)Nc1ccc(C(=O)NCCC(=O)O)cc1. The quantitative estimate of drug-likeness (QED) is 0.533. The summed E-state index contributed by atoms with van der Waals surface area (Å²) >= 11 is 1.21. The van der Waals surface area contributed by atoms with Crippen LogP contribution < -0.4 is 10.6 Å². The predicted octanol–water partition coefficient (Wildman–Crippen LogP) is 3.71. The zero-order chi connectivity index (χ0) is 21.7. The fourth-order valence-electron chi connectivity index (χ4n) is 2.60. The number of anilines is 1. The van der Waals surface area contributed by atoms with Gasteiger partial charge in [-0.05, 0) is 55.5 Å². The number of carboxylic acid groups (broad SMARTS) is 1. The molecule has 0 saturated heterocycles. The van der Waals surface area contributed by atoms with Crippen LogP contribution in [0.2, 0.25) is 0 Å². The van der Waals surface area contributed by atoms with Crippen molar-refractivity contribution < 1.29 is 23.9 Å². The maximum Gasteiger partial charge on any atom is 0.305 e. The van der Waals surface area contributed by atoms with E-state index in [-0.39, 0.29) is 24.7 Å². The number of aryl methyl sites for hydroxylation is 1. The Bertz CT molecular complexity index is 1080. The Kier molecular flexibility index (Phi) is 6.53. The summed E-state index contributed by atoms with van der Waals surface area (Å²) in [7, 11) is 0. The third-order valence-electron chi connectivity index (χ3n) is 4.12. The highest BCUT2D eigenvalue weighted by Gasteiger charge is 2.17. The molecule has 0 radical (unpaired) electrons. The average molecular weight is 427 g/mol. The van der Waals surface area contributed by atoms with E-state index in [1.807, 2.05) is 0 Å². The lowest BCUT2D eigenvalue weighted by atomic mass is 10.2. The number of thiazole rings is 1. The van der Waals surface area contributed by atoms with Crippen LogP contribution in [0.15, 0.2) is 48.5 Å². The van der Waals surface area contributed by atoms with Gasteiger partial charge in [-0.15, -0.1) is 11.3 Å². The molecule has 0 aliphatic heterocycles. The predicted molar refractivity (Wildman–Crippen MR) is 111 cm³/mol. The van der Waals surface area contributed by atoms with E-state index in [4.69, 9.17) is 5.11 Å². The molecule has 9 heteroatoms. The number of nitrogens with zero attached hydrogens (tertiary/aromatic N) is 1. The molecule has 3 N–H and O–H groups in total. The highest BCUT2D eigenvalue weighted by atomic mass is 32.1. The van der Waals surface area contributed by atoms with Crippen molar-refractivity contribution in [2.45, 2.75) is 13.3 Å². The van der Waals surface area contributed by atoms with Crippen molar-refractivity contribution in [3.63, 3.8) is 0 Å². The Morgan fingerprint density at radius 3 is 2.33 bits per heavy atom. The number of nitrogens with one attached hydrogen (secondary N) is 2. The zero-order valence-corrected chi connectivity index (χ0v) is 16.8. The minimum atomic E-state index is -0.991. The van der Waals surface area contributed by atoms with Gasteiger partial charge in [-0.2, -0.15) is 0 Å². The highest BCUT2D eigenvalue weighted by molar-refractivity contribution is 7.17. The van der Waals surface area contributed by atoms with Crippen molar-refractivity contribution in [3.05, 3.63) is 70.5 Å². The van der Waals surface area contributed by atoms with Crippen LogP contribution in [-0.2, 0) is 4.79 Å². The molecular weight excluding hydrogens is 409 g/mol. The fourth-order valence-corrected chi connectivity index (χ4v) is 3.57. The molecule has 0 saturated carbocycles. The van der Waals surface area contributed by atoms with E-state index < -0.39 is 11.9 Å². The molecule has 1 heterocycles. The van der Waals surface area contributed by atoms with Crippen LogP contribution in [0.5, 0.6) is 0 Å². The van der Waals surface area contributed by atoms with Gasteiger partial charge in [0, 0.05) is 23.4 Å². The molecule has 0 aliphatic rings. The number of halogens is 1. The monoisotopic (exact) mass is 427 g/mol. The third-order valence-corrected chi connectivity index (χ3v) is 5.33. The second kappa shape index (κ2) is 9.27. The van der Waals surface area contributed by atoms with Gasteiger partial charge in [-0.1, -0.05) is 0 Å². The second-order valence-electron chi connectivity index (χ2n) is 6.37. The van der Waals surface area contributed by atoms with E-state index in [2.05, 4.69) is 15.6 Å². The number of aromatic nitrogens is 1. The van der Waals surface area contributed by atoms with Gasteiger partial charge in [0.1, 0.15) is 15.7 Å². The first-order chi connectivity index (χ1) is 14.3. The number of hydrogen-bond donors (Lipinski definition) is 3. The number of aliphatic carboxylic acids is 1. The number of carboxylic acids is 1. The first-order valence-electron chi connectivity index (χ1n) is 8.98. The summed E-state index contributed by atoms with van der Waals surface area (Å²) in [5.74, 6) is -2.06. The summed E-state index contributed by atoms with van der Waals surface area (Å²) in [6.45, 7) is 1.76. The molecule has 0 unspecified atom stereocenters. The number of benzene rings is 2. The van der Waals surface area contributed by atoms with Crippen LogP contribution in [0.25, 0.3) is 10.6 Å². The average Bonchev–Trinajstić information content (AvgIpc) is 3.10. The molecule has 2 amide bonds. The molecule has 0 fully saturated rings. The zero-order valence-electron chi connectivity index (χ0n) is 15.9. The van der Waals surface area contributed by atoms with E-state index in [0.717, 1.165) is 5.56 Å². The lowest BCUT2D eigenvalue weighted by Crippen LogP contribution is -2.25. The first kappa shape index (κ1) is 21.1. The van der Waals surface area contributed by atoms with E-state index in [1.165, 1.54) is 35.6 Å². The molecule has 3 aromatic rings. The molecule has 1 aromatic heterocycles. The fraction of sp³-hybridized carbons (Fsp3) is 0.143. The topological polar surface area (TPSA) is 108 Å². The molecule has 7 nitrogen and oxygen atoms in total. The van der Waals surface area contributed by atoms with Gasteiger partial charge in [0.2, 0.25) is 0 Å². The lowest BCUT2D eigenvalue weighted by Gasteiger charge is -2.06. The van der Waals surface area contributed by atoms with Crippen LogP contribution >= 0.6 is 11.3 Å². The van der Waals surface area contributed by atoms with Crippen LogP contribution in [0.4, 0.5) is 10.1 Å². The molecule has 2 aromatic carbocycles. The largest absolute Gasteiger partial charge is 0.481 e. The molecule has 30 heavy (non-hydrogen) atoms. The van der Waals surface area contributed by atoms with E-state index in [1.54, 1.807) is 31.2 Å². The van der Waals surface area contributed by atoms with Crippen LogP contribution in [-0.4, -0.2) is 34.4 Å². The Balaban J connectivity index is 1.65. The van der Waals surface area contributed by atoms with Crippen molar-refractivity contribution >= 4 is 34.8 Å². The minimum absolute atomic E-state index is 0.0354. The molecule has 154 valence electrons. The van der Waals surface area contributed by atoms with Crippen LogP contribution in [0.3, 0.4) is 0 Å². The number of rotatable bonds is 7. The number of hydrogen-bond acceptors (Lipinski definition) is 5. The summed E-state index contributed by atoms with van der Waals surface area (Å²) in [6.07, 6.45) is -0.159. The third kappa shape index (κ3) is 5.26. The van der Waals surface area contributed by atoms with Gasteiger partial charge in [0.25, 0.3) is 11.8 Å². The first-order valence-corrected chi connectivity index (χ1v) is 9.80. The normalized spacial score (nSPS) is 10.5. The molecule has 3 rings (SSSR count). The van der Waals surface area contributed by atoms with Gasteiger partial charge in [0.15, 0.2) is 0 Å². The maximum atomic E-state index is 13.1. The van der Waals surface area contributed by atoms with E-state index in [0.29, 0.717) is 26.8 Å². The van der Waals surface area contributed by atoms with Crippen molar-refractivity contribution in [2.24, 2.45) is 0 Å². The summed E-state index contributed by atoms with van der Waals surface area (Å²) in [5.41, 5.74) is 2.14. The van der Waals surface area contributed by atoms with Crippen molar-refractivity contribution in [3.8, 4) is 10.6 Å². The Morgan fingerprint density at radius 1 is 1.03 bits per heavy atom. The Morgan fingerprint density at radius 2 is 1.70 bits per heavy atom. The molecule has 0 atom stereocenters. The number of amides is 2. The van der Waals surface area contributed by atoms with Crippen molar-refractivity contribution in [1.29, 1.82) is 0 Å². The number of carbonyl (C=O) groups excluding carboxylic acids is 2. The molecule has 0 aliphatic carbocycles. The lowest BCUT2D eigenvalue weighted by molar-refractivity contribution is -0.136. The summed E-state index contributed by atoms with van der Waals surface area (Å²) in [4.78, 5) is 39.9. The summed E-state index contributed by atoms with van der Waals surface area (Å²) in [5, 5.41) is 14.5. The second-order valence-corrected chi connectivity index (χ2v) is 7.37. The van der Waals surface area contributed by atoms with Crippen LogP contribution in [0.1, 0.15) is 32.1 Å². The van der Waals surface area contributed by atoms with Gasteiger partial charge < -0.3 is 15.7 Å². The summed E-state index contributed by atoms with van der Waals surface area (Å²) in [6, 6.07) is 12.1. The van der Waals surface area contributed by atoms with Gasteiger partial charge >= 0.3 is 5.97 Å². The Labute approximate surface area is 175 Å². The minimum Gasteiger partial charge on any atom is -0.481 e. The van der Waals surface area contributed by atoms with E-state index >= 15 is 0 Å². The van der Waals surface area contributed by atoms with Crippen molar-refractivity contribution in [2.75, 3.05) is 11.9 Å². The number of carbonyl (C=O) groups is 3. The highest BCUT2D eigenvalue weighted by Crippen LogP contribution is 2.28.